The maximum absolute atomic E-state index is 12.5. The monoisotopic (exact) mass is 240 g/mol. The topological polar surface area (TPSA) is 50.8 Å². The Bertz CT molecular complexity index is 291. The molecule has 0 aromatic carbocycles. The van der Waals surface area contributed by atoms with Gasteiger partial charge in [0, 0.05) is 38.7 Å². The minimum absolute atomic E-state index is 0.106. The Morgan fingerprint density at radius 3 is 2.82 bits per heavy atom. The molecule has 0 aliphatic carbocycles. The van der Waals surface area contributed by atoms with Crippen molar-refractivity contribution in [1.82, 2.24) is 10.2 Å². The summed E-state index contributed by atoms with van der Waals surface area (Å²) in [4.78, 5) is 14.4. The van der Waals surface area contributed by atoms with Crippen LogP contribution in [-0.2, 0) is 14.3 Å². The Hall–Kier alpha value is -0.650. The molecule has 0 aromatic rings. The van der Waals surface area contributed by atoms with Crippen LogP contribution < -0.4 is 5.32 Å². The number of ether oxygens (including phenoxy) is 2. The number of nitrogens with zero attached hydrogens (tertiary/aromatic N) is 1. The van der Waals surface area contributed by atoms with Crippen molar-refractivity contribution >= 4 is 5.91 Å². The van der Waals surface area contributed by atoms with Crippen LogP contribution >= 0.6 is 0 Å². The number of morpholine rings is 1. The van der Waals surface area contributed by atoms with Crippen molar-refractivity contribution in [2.24, 2.45) is 11.8 Å². The summed E-state index contributed by atoms with van der Waals surface area (Å²) in [5.41, 5.74) is 0. The molecule has 0 spiro atoms. The lowest BCUT2D eigenvalue weighted by Crippen LogP contribution is -2.53. The van der Waals surface area contributed by atoms with Crippen molar-refractivity contribution in [3.63, 3.8) is 0 Å². The van der Waals surface area contributed by atoms with E-state index < -0.39 is 0 Å². The molecule has 1 N–H and O–H groups in total. The number of amides is 1. The van der Waals surface area contributed by atoms with Crippen LogP contribution in [0, 0.1) is 11.8 Å². The predicted molar refractivity (Wildman–Crippen MR) is 61.6 cm³/mol. The van der Waals surface area contributed by atoms with Crippen molar-refractivity contribution in [3.8, 4) is 0 Å². The third kappa shape index (κ3) is 2.19. The van der Waals surface area contributed by atoms with Crippen LogP contribution in [0.15, 0.2) is 0 Å². The van der Waals surface area contributed by atoms with Crippen LogP contribution in [0.25, 0.3) is 0 Å². The second-order valence-electron chi connectivity index (χ2n) is 5.06. The Labute approximate surface area is 101 Å². The van der Waals surface area contributed by atoms with Crippen LogP contribution in [0.5, 0.6) is 0 Å². The molecule has 3 saturated heterocycles. The molecule has 3 atom stereocenters. The van der Waals surface area contributed by atoms with Crippen molar-refractivity contribution < 1.29 is 14.3 Å². The Morgan fingerprint density at radius 1 is 1.18 bits per heavy atom. The standard InChI is InChI=1S/C12H20N2O3/c15-12(14-2-5-16-6-3-14)10-7-13-8-11-9(10)1-4-17-11/h9-11,13H,1-8H2/t9-,10-,11+/m0/s1. The largest absolute Gasteiger partial charge is 0.378 e. The molecule has 0 aromatic heterocycles. The first kappa shape index (κ1) is 11.4. The summed E-state index contributed by atoms with van der Waals surface area (Å²) in [5.74, 6) is 0.821. The molecule has 1 amide bonds. The first-order valence-corrected chi connectivity index (χ1v) is 6.55. The lowest BCUT2D eigenvalue weighted by Gasteiger charge is -2.37. The van der Waals surface area contributed by atoms with Gasteiger partial charge < -0.3 is 19.7 Å². The molecule has 17 heavy (non-hydrogen) atoms. The van der Waals surface area contributed by atoms with Gasteiger partial charge in [0.05, 0.1) is 25.2 Å². The fraction of sp³-hybridized carbons (Fsp3) is 0.917. The molecule has 3 aliphatic rings. The zero-order valence-electron chi connectivity index (χ0n) is 10.1. The smallest absolute Gasteiger partial charge is 0.227 e. The van der Waals surface area contributed by atoms with Gasteiger partial charge in [0.15, 0.2) is 0 Å². The molecule has 0 radical (unpaired) electrons. The van der Waals surface area contributed by atoms with E-state index in [0.717, 1.165) is 39.2 Å². The fourth-order valence-corrected chi connectivity index (χ4v) is 3.16. The third-order valence-corrected chi connectivity index (χ3v) is 4.13. The van der Waals surface area contributed by atoms with E-state index in [4.69, 9.17) is 9.47 Å². The van der Waals surface area contributed by atoms with Gasteiger partial charge in [-0.3, -0.25) is 4.79 Å². The van der Waals surface area contributed by atoms with E-state index in [9.17, 15) is 4.79 Å². The third-order valence-electron chi connectivity index (χ3n) is 4.13. The van der Waals surface area contributed by atoms with Crippen LogP contribution in [-0.4, -0.2) is 62.9 Å². The van der Waals surface area contributed by atoms with Crippen LogP contribution in [0.2, 0.25) is 0 Å². The highest BCUT2D eigenvalue weighted by Crippen LogP contribution is 2.31. The number of carbonyl (C=O) groups is 1. The number of carbonyl (C=O) groups excluding carboxylic acids is 1. The normalized spacial score (nSPS) is 37.9. The van der Waals surface area contributed by atoms with Crippen molar-refractivity contribution in [2.75, 3.05) is 46.0 Å². The molecule has 5 heteroatoms. The second-order valence-corrected chi connectivity index (χ2v) is 5.06. The van der Waals surface area contributed by atoms with Gasteiger partial charge in [-0.2, -0.15) is 0 Å². The second kappa shape index (κ2) is 4.92. The quantitative estimate of drug-likeness (QED) is 0.669. The van der Waals surface area contributed by atoms with E-state index in [0.29, 0.717) is 25.0 Å². The van der Waals surface area contributed by atoms with Crippen LogP contribution in [0.3, 0.4) is 0 Å². The summed E-state index contributed by atoms with van der Waals surface area (Å²) in [5, 5.41) is 3.32. The number of rotatable bonds is 1. The minimum atomic E-state index is 0.106. The summed E-state index contributed by atoms with van der Waals surface area (Å²) in [6, 6.07) is 0. The van der Waals surface area contributed by atoms with Crippen molar-refractivity contribution in [1.29, 1.82) is 0 Å². The van der Waals surface area contributed by atoms with Crippen molar-refractivity contribution in [3.05, 3.63) is 0 Å². The van der Waals surface area contributed by atoms with Gasteiger partial charge in [0.1, 0.15) is 0 Å². The summed E-state index contributed by atoms with van der Waals surface area (Å²) in [6.07, 6.45) is 1.28. The van der Waals surface area contributed by atoms with Crippen LogP contribution in [0.1, 0.15) is 6.42 Å². The molecule has 3 fully saturated rings. The average Bonchev–Trinajstić information content (AvgIpc) is 2.87. The van der Waals surface area contributed by atoms with E-state index in [1.54, 1.807) is 0 Å². The molecule has 0 unspecified atom stereocenters. The highest BCUT2D eigenvalue weighted by molar-refractivity contribution is 5.79. The highest BCUT2D eigenvalue weighted by Gasteiger charge is 2.42. The zero-order chi connectivity index (χ0) is 11.7. The van der Waals surface area contributed by atoms with Gasteiger partial charge in [-0.1, -0.05) is 0 Å². The molecule has 5 nitrogen and oxygen atoms in total. The highest BCUT2D eigenvalue weighted by atomic mass is 16.5. The van der Waals surface area contributed by atoms with E-state index in [1.165, 1.54) is 0 Å². The van der Waals surface area contributed by atoms with Gasteiger partial charge in [-0.15, -0.1) is 0 Å². The first-order valence-electron chi connectivity index (χ1n) is 6.55. The lowest BCUT2D eigenvalue weighted by atomic mass is 9.82. The first-order chi connectivity index (χ1) is 8.36. The maximum atomic E-state index is 12.5. The Morgan fingerprint density at radius 2 is 2.00 bits per heavy atom. The van der Waals surface area contributed by atoms with Gasteiger partial charge in [-0.25, -0.2) is 0 Å². The average molecular weight is 240 g/mol. The SMILES string of the molecule is O=C([C@H]1CNC[C@H]2OCC[C@@H]12)N1CCOCC1. The summed E-state index contributed by atoms with van der Waals surface area (Å²) < 4.78 is 11.0. The molecule has 0 bridgehead atoms. The van der Waals surface area contributed by atoms with Gasteiger partial charge >= 0.3 is 0 Å². The van der Waals surface area contributed by atoms with Crippen molar-refractivity contribution in [2.45, 2.75) is 12.5 Å². The molecular weight excluding hydrogens is 220 g/mol. The number of piperidine rings is 1. The molecule has 3 aliphatic heterocycles. The van der Waals surface area contributed by atoms with Gasteiger partial charge in [0.2, 0.25) is 5.91 Å². The van der Waals surface area contributed by atoms with E-state index >= 15 is 0 Å². The molecular formula is C12H20N2O3. The van der Waals surface area contributed by atoms with Gasteiger partial charge in [-0.05, 0) is 6.42 Å². The summed E-state index contributed by atoms with van der Waals surface area (Å²) >= 11 is 0. The van der Waals surface area contributed by atoms with E-state index in [2.05, 4.69) is 5.32 Å². The fourth-order valence-electron chi connectivity index (χ4n) is 3.16. The minimum Gasteiger partial charge on any atom is -0.378 e. The summed E-state index contributed by atoms with van der Waals surface area (Å²) in [7, 11) is 0. The zero-order valence-corrected chi connectivity index (χ0v) is 10.1. The lowest BCUT2D eigenvalue weighted by molar-refractivity contribution is -0.143. The van der Waals surface area contributed by atoms with Gasteiger partial charge in [0.25, 0.3) is 0 Å². The Kier molecular flexibility index (Phi) is 3.31. The van der Waals surface area contributed by atoms with Crippen LogP contribution in [0.4, 0.5) is 0 Å². The van der Waals surface area contributed by atoms with E-state index in [1.807, 2.05) is 4.90 Å². The Balaban J connectivity index is 1.67. The molecule has 0 saturated carbocycles. The maximum Gasteiger partial charge on any atom is 0.227 e. The number of hydrogen-bond acceptors (Lipinski definition) is 4. The number of fused-ring (bicyclic) bond motifs is 1. The number of nitrogens with one attached hydrogen (secondary N) is 1. The number of hydrogen-bond donors (Lipinski definition) is 1. The molecule has 3 rings (SSSR count). The predicted octanol–water partition coefficient (Wildman–Crippen LogP) is -0.530. The molecule has 96 valence electrons. The van der Waals surface area contributed by atoms with E-state index in [-0.39, 0.29) is 12.0 Å². The molecule has 3 heterocycles. The summed E-state index contributed by atoms with van der Waals surface area (Å²) in [6.45, 7) is 5.36.